The van der Waals surface area contributed by atoms with Crippen LogP contribution in [0.25, 0.3) is 5.70 Å². The largest absolute Gasteiger partial charge is 0.483 e. The minimum absolute atomic E-state index is 0.230. The molecule has 2 aromatic rings. The number of nitriles is 2. The van der Waals surface area contributed by atoms with E-state index in [1.807, 2.05) is 19.9 Å². The van der Waals surface area contributed by atoms with Gasteiger partial charge in [-0.2, -0.15) is 15.5 Å². The third-order valence-electron chi connectivity index (χ3n) is 4.24. The molecule has 1 heterocycles. The van der Waals surface area contributed by atoms with E-state index in [-0.39, 0.29) is 11.7 Å². The summed E-state index contributed by atoms with van der Waals surface area (Å²) >= 11 is 0. The number of fused-ring (bicyclic) bond motifs is 1. The Morgan fingerprint density at radius 3 is 2.50 bits per heavy atom. The molecule has 2 aromatic carbocycles. The Labute approximate surface area is 163 Å². The van der Waals surface area contributed by atoms with Crippen molar-refractivity contribution >= 4 is 17.4 Å². The van der Waals surface area contributed by atoms with Crippen LogP contribution in [0.1, 0.15) is 42.3 Å². The molecule has 28 heavy (non-hydrogen) atoms. The maximum absolute atomic E-state index is 13.3. The number of nitrogens with zero attached hydrogens (tertiary/aromatic N) is 4. The number of aliphatic imine (C=N–C) groups is 1. The van der Waals surface area contributed by atoms with Gasteiger partial charge >= 0.3 is 0 Å². The predicted molar refractivity (Wildman–Crippen MR) is 105 cm³/mol. The first-order valence-electron chi connectivity index (χ1n) is 8.65. The Balaban J connectivity index is 2.23. The maximum atomic E-state index is 13.3. The number of carbonyl (C=O) groups is 1. The Kier molecular flexibility index (Phi) is 4.98. The molecule has 3 rings (SSSR count). The second kappa shape index (κ2) is 7.38. The molecule has 0 spiro atoms. The molecular formula is C22H18N4O2. The van der Waals surface area contributed by atoms with Gasteiger partial charge < -0.3 is 4.74 Å². The van der Waals surface area contributed by atoms with Crippen molar-refractivity contribution < 1.29 is 9.53 Å². The fourth-order valence-corrected chi connectivity index (χ4v) is 3.06. The summed E-state index contributed by atoms with van der Waals surface area (Å²) in [7, 11) is 0. The van der Waals surface area contributed by atoms with Crippen LogP contribution >= 0.6 is 0 Å². The van der Waals surface area contributed by atoms with E-state index < -0.39 is 5.60 Å². The smallest absolute Gasteiger partial charge is 0.263 e. The van der Waals surface area contributed by atoms with Crippen LogP contribution in [0, 0.1) is 22.8 Å². The standard InChI is InChI=1S/C22H18N4O2/c1-15(25-14-24)26(21(27)17-7-5-4-6-8-17)19-12-22(2,3)28-20-10-9-16(13-23)11-18(19)20/h4-12H,1-3H3. The van der Waals surface area contributed by atoms with Crippen LogP contribution in [0.3, 0.4) is 0 Å². The van der Waals surface area contributed by atoms with Gasteiger partial charge in [-0.25, -0.2) is 0 Å². The first-order valence-corrected chi connectivity index (χ1v) is 8.65. The van der Waals surface area contributed by atoms with Crippen molar-refractivity contribution in [2.75, 3.05) is 0 Å². The second-order valence-corrected chi connectivity index (χ2v) is 6.82. The van der Waals surface area contributed by atoms with Crippen molar-refractivity contribution in [3.8, 4) is 18.0 Å². The quantitative estimate of drug-likeness (QED) is 0.452. The highest BCUT2D eigenvalue weighted by atomic mass is 16.5. The van der Waals surface area contributed by atoms with E-state index >= 15 is 0 Å². The molecule has 1 aliphatic heterocycles. The van der Waals surface area contributed by atoms with E-state index in [1.165, 1.54) is 4.90 Å². The molecule has 6 heteroatoms. The second-order valence-electron chi connectivity index (χ2n) is 6.82. The third kappa shape index (κ3) is 3.62. The average Bonchev–Trinajstić information content (AvgIpc) is 2.68. The first-order chi connectivity index (χ1) is 13.4. The number of amidine groups is 1. The molecule has 6 nitrogen and oxygen atoms in total. The molecule has 0 saturated heterocycles. The molecule has 1 amide bonds. The zero-order chi connectivity index (χ0) is 20.3. The van der Waals surface area contributed by atoms with Crippen molar-refractivity contribution in [1.82, 2.24) is 4.90 Å². The van der Waals surface area contributed by atoms with Gasteiger partial charge in [-0.15, -0.1) is 0 Å². The molecule has 0 bridgehead atoms. The van der Waals surface area contributed by atoms with Gasteiger partial charge in [0.05, 0.1) is 17.3 Å². The van der Waals surface area contributed by atoms with E-state index in [0.29, 0.717) is 28.1 Å². The Bertz CT molecular complexity index is 1070. The van der Waals surface area contributed by atoms with Crippen molar-refractivity contribution in [3.05, 3.63) is 71.3 Å². The average molecular weight is 370 g/mol. The van der Waals surface area contributed by atoms with Gasteiger partial charge in [-0.05, 0) is 57.2 Å². The fraction of sp³-hybridized carbons (Fsp3) is 0.182. The molecule has 0 unspecified atom stereocenters. The molecule has 0 aromatic heterocycles. The van der Waals surface area contributed by atoms with E-state index in [4.69, 9.17) is 10.00 Å². The minimum atomic E-state index is -0.696. The van der Waals surface area contributed by atoms with Gasteiger partial charge in [0.25, 0.3) is 5.91 Å². The molecule has 0 atom stereocenters. The summed E-state index contributed by atoms with van der Waals surface area (Å²) in [4.78, 5) is 18.5. The molecule has 0 fully saturated rings. The highest BCUT2D eigenvalue weighted by Crippen LogP contribution is 2.39. The summed E-state index contributed by atoms with van der Waals surface area (Å²) in [5, 5.41) is 18.3. The van der Waals surface area contributed by atoms with E-state index in [1.54, 1.807) is 61.7 Å². The summed E-state index contributed by atoms with van der Waals surface area (Å²) in [6.45, 7) is 5.34. The monoisotopic (exact) mass is 370 g/mol. The third-order valence-corrected chi connectivity index (χ3v) is 4.24. The topological polar surface area (TPSA) is 89.5 Å². The molecule has 138 valence electrons. The lowest BCUT2D eigenvalue weighted by Gasteiger charge is -2.35. The zero-order valence-corrected chi connectivity index (χ0v) is 15.8. The lowest BCUT2D eigenvalue weighted by molar-refractivity contribution is 0.0891. The lowest BCUT2D eigenvalue weighted by Crippen LogP contribution is -2.38. The SMILES string of the molecule is CC(=NC#N)N(C(=O)c1ccccc1)C1=CC(C)(C)Oc2ccc(C#N)cc21. The Hall–Kier alpha value is -3.90. The highest BCUT2D eigenvalue weighted by molar-refractivity contribution is 6.12. The highest BCUT2D eigenvalue weighted by Gasteiger charge is 2.33. The number of ether oxygens (including phenoxy) is 1. The van der Waals surface area contributed by atoms with Crippen molar-refractivity contribution in [2.45, 2.75) is 26.4 Å². The van der Waals surface area contributed by atoms with Gasteiger partial charge in [0.1, 0.15) is 17.2 Å². The van der Waals surface area contributed by atoms with Crippen LogP contribution in [0.2, 0.25) is 0 Å². The number of hydrogen-bond acceptors (Lipinski definition) is 5. The fourth-order valence-electron chi connectivity index (χ4n) is 3.06. The first kappa shape index (κ1) is 18.9. The van der Waals surface area contributed by atoms with Crippen LogP contribution in [0.5, 0.6) is 5.75 Å². The Morgan fingerprint density at radius 1 is 1.14 bits per heavy atom. The van der Waals surface area contributed by atoms with Gasteiger partial charge in [0.2, 0.25) is 6.19 Å². The van der Waals surface area contributed by atoms with Crippen molar-refractivity contribution in [1.29, 1.82) is 10.5 Å². The van der Waals surface area contributed by atoms with Gasteiger partial charge in [0.15, 0.2) is 0 Å². The number of hydrogen-bond donors (Lipinski definition) is 0. The summed E-state index contributed by atoms with van der Waals surface area (Å²) in [6, 6.07) is 15.9. The van der Waals surface area contributed by atoms with Crippen molar-refractivity contribution in [2.24, 2.45) is 4.99 Å². The molecule has 0 N–H and O–H groups in total. The number of carbonyl (C=O) groups excluding carboxylic acids is 1. The lowest BCUT2D eigenvalue weighted by atomic mass is 9.96. The maximum Gasteiger partial charge on any atom is 0.263 e. The molecular weight excluding hydrogens is 352 g/mol. The van der Waals surface area contributed by atoms with Gasteiger partial charge in [-0.3, -0.25) is 9.69 Å². The molecule has 0 radical (unpaired) electrons. The summed E-state index contributed by atoms with van der Waals surface area (Å²) in [6.07, 6.45) is 3.54. The normalized spacial score (nSPS) is 14.6. The van der Waals surface area contributed by atoms with Crippen LogP contribution in [-0.4, -0.2) is 22.2 Å². The summed E-state index contributed by atoms with van der Waals surface area (Å²) in [5.74, 6) is 0.458. The number of benzene rings is 2. The summed E-state index contributed by atoms with van der Waals surface area (Å²) < 4.78 is 6.00. The Morgan fingerprint density at radius 2 is 1.86 bits per heavy atom. The number of rotatable bonds is 2. The van der Waals surface area contributed by atoms with E-state index in [2.05, 4.69) is 11.1 Å². The van der Waals surface area contributed by atoms with Crippen molar-refractivity contribution in [3.63, 3.8) is 0 Å². The van der Waals surface area contributed by atoms with Gasteiger partial charge in [0, 0.05) is 11.1 Å². The predicted octanol–water partition coefficient (Wildman–Crippen LogP) is 4.11. The molecule has 1 aliphatic rings. The van der Waals surface area contributed by atoms with E-state index in [9.17, 15) is 10.1 Å². The molecule has 0 saturated carbocycles. The van der Waals surface area contributed by atoms with Crippen LogP contribution in [-0.2, 0) is 0 Å². The summed E-state index contributed by atoms with van der Waals surface area (Å²) in [5.41, 5.74) is 1.32. The van der Waals surface area contributed by atoms with E-state index in [0.717, 1.165) is 0 Å². The molecule has 0 aliphatic carbocycles. The van der Waals surface area contributed by atoms with Gasteiger partial charge in [-0.1, -0.05) is 18.2 Å². The minimum Gasteiger partial charge on any atom is -0.483 e. The van der Waals surface area contributed by atoms with Crippen LogP contribution < -0.4 is 4.74 Å². The van der Waals surface area contributed by atoms with Crippen LogP contribution in [0.4, 0.5) is 0 Å². The number of amides is 1. The zero-order valence-electron chi connectivity index (χ0n) is 15.8. The van der Waals surface area contributed by atoms with Crippen LogP contribution in [0.15, 0.2) is 59.6 Å².